The summed E-state index contributed by atoms with van der Waals surface area (Å²) in [5.41, 5.74) is 5.23. The molecule has 3 aromatic rings. The number of likely N-dealkylation sites (tertiary alicyclic amines) is 1. The molecular formula is C23H24N2OS. The van der Waals surface area contributed by atoms with Gasteiger partial charge in [-0.05, 0) is 55.4 Å². The summed E-state index contributed by atoms with van der Waals surface area (Å²) in [6.45, 7) is 3.86. The van der Waals surface area contributed by atoms with E-state index in [0.29, 0.717) is 11.8 Å². The Bertz CT molecular complexity index is 1000. The van der Waals surface area contributed by atoms with Crippen LogP contribution in [0.4, 0.5) is 0 Å². The van der Waals surface area contributed by atoms with Crippen LogP contribution in [-0.2, 0) is 11.2 Å². The fourth-order valence-corrected chi connectivity index (χ4v) is 5.89. The normalized spacial score (nSPS) is 20.2. The molecule has 5 rings (SSSR count). The van der Waals surface area contributed by atoms with Gasteiger partial charge in [-0.15, -0.1) is 11.8 Å². The first-order chi connectivity index (χ1) is 13.2. The molecule has 27 heavy (non-hydrogen) atoms. The summed E-state index contributed by atoms with van der Waals surface area (Å²) < 4.78 is 0. The lowest BCUT2D eigenvalue weighted by Gasteiger charge is -2.33. The van der Waals surface area contributed by atoms with Crippen LogP contribution in [0.2, 0.25) is 0 Å². The molecule has 4 heteroatoms. The Morgan fingerprint density at radius 2 is 1.96 bits per heavy atom. The number of nitrogens with one attached hydrogen (secondary N) is 1. The molecule has 3 nitrogen and oxygen atoms in total. The summed E-state index contributed by atoms with van der Waals surface area (Å²) in [5.74, 6) is 0.868. The van der Waals surface area contributed by atoms with Gasteiger partial charge in [0.1, 0.15) is 0 Å². The van der Waals surface area contributed by atoms with Crippen molar-refractivity contribution in [1.82, 2.24) is 9.88 Å². The van der Waals surface area contributed by atoms with Gasteiger partial charge in [-0.3, -0.25) is 4.79 Å². The first kappa shape index (κ1) is 16.9. The Hall–Kier alpha value is -2.20. The molecule has 0 saturated carbocycles. The van der Waals surface area contributed by atoms with Gasteiger partial charge in [0.2, 0.25) is 5.91 Å². The minimum Gasteiger partial charge on any atom is -0.361 e. The van der Waals surface area contributed by atoms with E-state index in [1.54, 1.807) is 11.8 Å². The highest BCUT2D eigenvalue weighted by molar-refractivity contribution is 8.01. The average molecular weight is 377 g/mol. The predicted octanol–water partition coefficient (Wildman–Crippen LogP) is 4.90. The summed E-state index contributed by atoms with van der Waals surface area (Å²) in [6.07, 6.45) is 5.15. The zero-order valence-corrected chi connectivity index (χ0v) is 16.4. The second-order valence-corrected chi connectivity index (χ2v) is 9.06. The quantitative estimate of drug-likeness (QED) is 0.691. The molecule has 138 valence electrons. The highest BCUT2D eigenvalue weighted by atomic mass is 32.2. The van der Waals surface area contributed by atoms with Gasteiger partial charge in [-0.1, -0.05) is 35.9 Å². The number of carbonyl (C=O) groups excluding carboxylic acids is 1. The Morgan fingerprint density at radius 3 is 2.81 bits per heavy atom. The summed E-state index contributed by atoms with van der Waals surface area (Å²) in [5, 5.41) is 1.39. The molecule has 1 aromatic heterocycles. The van der Waals surface area contributed by atoms with Crippen LogP contribution in [0, 0.1) is 6.92 Å². The van der Waals surface area contributed by atoms with Gasteiger partial charge in [-0.2, -0.15) is 0 Å². The molecule has 0 spiro atoms. The number of hydrogen-bond donors (Lipinski definition) is 1. The number of rotatable bonds is 2. The number of H-pyrrole nitrogens is 1. The van der Waals surface area contributed by atoms with Crippen molar-refractivity contribution in [2.75, 3.05) is 13.1 Å². The van der Waals surface area contributed by atoms with Gasteiger partial charge in [-0.25, -0.2) is 0 Å². The van der Waals surface area contributed by atoms with E-state index in [-0.39, 0.29) is 5.25 Å². The van der Waals surface area contributed by atoms with Crippen molar-refractivity contribution in [3.8, 4) is 0 Å². The van der Waals surface area contributed by atoms with Crippen molar-refractivity contribution in [2.24, 2.45) is 0 Å². The number of carbonyl (C=O) groups is 1. The number of aryl methyl sites for hydroxylation is 1. The Labute approximate surface area is 164 Å². The van der Waals surface area contributed by atoms with E-state index in [2.05, 4.69) is 65.5 Å². The number of para-hydroxylation sites is 1. The van der Waals surface area contributed by atoms with E-state index in [1.807, 2.05) is 0 Å². The number of amides is 1. The topological polar surface area (TPSA) is 36.1 Å². The van der Waals surface area contributed by atoms with E-state index in [9.17, 15) is 4.79 Å². The van der Waals surface area contributed by atoms with Crippen LogP contribution < -0.4 is 0 Å². The van der Waals surface area contributed by atoms with Crippen molar-refractivity contribution < 1.29 is 4.79 Å². The second-order valence-electron chi connectivity index (χ2n) is 7.81. The predicted molar refractivity (Wildman–Crippen MR) is 111 cm³/mol. The highest BCUT2D eigenvalue weighted by Crippen LogP contribution is 2.39. The molecule has 1 saturated heterocycles. The number of fused-ring (bicyclic) bond motifs is 2. The van der Waals surface area contributed by atoms with Gasteiger partial charge < -0.3 is 9.88 Å². The van der Waals surface area contributed by atoms with Crippen molar-refractivity contribution in [3.05, 3.63) is 65.4 Å². The lowest BCUT2D eigenvalue weighted by atomic mass is 9.89. The van der Waals surface area contributed by atoms with Gasteiger partial charge in [0.05, 0.1) is 5.25 Å². The molecule has 1 amide bonds. The monoisotopic (exact) mass is 376 g/mol. The Morgan fingerprint density at radius 1 is 1.15 bits per heavy atom. The third-order valence-corrected chi connectivity index (χ3v) is 7.33. The third kappa shape index (κ3) is 3.06. The van der Waals surface area contributed by atoms with Gasteiger partial charge >= 0.3 is 0 Å². The van der Waals surface area contributed by atoms with E-state index < -0.39 is 0 Å². The highest BCUT2D eigenvalue weighted by Gasteiger charge is 2.33. The molecule has 0 bridgehead atoms. The second kappa shape index (κ2) is 6.75. The van der Waals surface area contributed by atoms with E-state index >= 15 is 0 Å². The number of hydrogen-bond acceptors (Lipinski definition) is 2. The standard InChI is InChI=1S/C23H24N2OS/c1-15-6-7-17-13-22(27-21(17)12-15)23(26)25-10-8-16(9-11-25)19-14-24-20-5-3-2-4-18(19)20/h2-7,12,14,16,22,24H,8-11,13H2,1H3. The minimum absolute atomic E-state index is 0.0615. The maximum Gasteiger partial charge on any atom is 0.236 e. The van der Waals surface area contributed by atoms with E-state index in [0.717, 1.165) is 32.4 Å². The summed E-state index contributed by atoms with van der Waals surface area (Å²) in [7, 11) is 0. The lowest BCUT2D eigenvalue weighted by molar-refractivity contribution is -0.131. The first-order valence-corrected chi connectivity index (χ1v) is 10.7. The average Bonchev–Trinajstić information content (AvgIpc) is 3.31. The maximum atomic E-state index is 13.1. The third-order valence-electron chi connectivity index (χ3n) is 6.04. The number of thioether (sulfide) groups is 1. The van der Waals surface area contributed by atoms with Crippen molar-refractivity contribution in [3.63, 3.8) is 0 Å². The van der Waals surface area contributed by atoms with E-state index in [1.165, 1.54) is 32.5 Å². The number of aromatic nitrogens is 1. The summed E-state index contributed by atoms with van der Waals surface area (Å²) >= 11 is 1.76. The van der Waals surface area contributed by atoms with Crippen LogP contribution in [0.5, 0.6) is 0 Å². The van der Waals surface area contributed by atoms with Crippen molar-refractivity contribution in [1.29, 1.82) is 0 Å². The molecule has 1 N–H and O–H groups in total. The van der Waals surface area contributed by atoms with Crippen LogP contribution >= 0.6 is 11.8 Å². The Kier molecular flexibility index (Phi) is 4.24. The smallest absolute Gasteiger partial charge is 0.236 e. The van der Waals surface area contributed by atoms with Crippen LogP contribution in [0.1, 0.15) is 35.4 Å². The molecule has 2 aliphatic heterocycles. The summed E-state index contributed by atoms with van der Waals surface area (Å²) in [6, 6.07) is 15.1. The molecule has 0 radical (unpaired) electrons. The Balaban J connectivity index is 1.25. The minimum atomic E-state index is 0.0615. The van der Waals surface area contributed by atoms with E-state index in [4.69, 9.17) is 0 Å². The molecule has 1 fully saturated rings. The SMILES string of the molecule is Cc1ccc2c(c1)SC(C(=O)N1CCC(c3c[nH]c4ccccc34)CC1)C2. The largest absolute Gasteiger partial charge is 0.361 e. The molecule has 3 heterocycles. The van der Waals surface area contributed by atoms with Crippen molar-refractivity contribution >= 4 is 28.6 Å². The molecule has 0 aliphatic carbocycles. The van der Waals surface area contributed by atoms with Gasteiger partial charge in [0.25, 0.3) is 0 Å². The van der Waals surface area contributed by atoms with Crippen LogP contribution in [0.15, 0.2) is 53.6 Å². The number of aromatic amines is 1. The lowest BCUT2D eigenvalue weighted by Crippen LogP contribution is -2.42. The molecule has 2 aromatic carbocycles. The zero-order valence-electron chi connectivity index (χ0n) is 15.6. The molecule has 2 aliphatic rings. The summed E-state index contributed by atoms with van der Waals surface area (Å²) in [4.78, 5) is 19.8. The molecule has 1 unspecified atom stereocenters. The first-order valence-electron chi connectivity index (χ1n) is 9.80. The fourth-order valence-electron chi connectivity index (χ4n) is 4.52. The van der Waals surface area contributed by atoms with Crippen molar-refractivity contribution in [2.45, 2.75) is 42.2 Å². The molecular weight excluding hydrogens is 352 g/mol. The van der Waals surface area contributed by atoms with Gasteiger partial charge in [0.15, 0.2) is 0 Å². The fraction of sp³-hybridized carbons (Fsp3) is 0.348. The van der Waals surface area contributed by atoms with Gasteiger partial charge in [0, 0.05) is 35.1 Å². The zero-order chi connectivity index (χ0) is 18.4. The molecule has 1 atom stereocenters. The number of nitrogens with zero attached hydrogens (tertiary/aromatic N) is 1. The number of piperidine rings is 1. The number of benzene rings is 2. The van der Waals surface area contributed by atoms with Crippen LogP contribution in [0.25, 0.3) is 10.9 Å². The van der Waals surface area contributed by atoms with Crippen LogP contribution in [0.3, 0.4) is 0 Å². The maximum absolute atomic E-state index is 13.1. The van der Waals surface area contributed by atoms with Crippen LogP contribution in [-0.4, -0.2) is 34.1 Å².